The summed E-state index contributed by atoms with van der Waals surface area (Å²) >= 11 is 0. The summed E-state index contributed by atoms with van der Waals surface area (Å²) < 4.78 is 67.0. The lowest BCUT2D eigenvalue weighted by atomic mass is 9.76. The van der Waals surface area contributed by atoms with Crippen molar-refractivity contribution in [3.63, 3.8) is 0 Å². The second-order valence-electron chi connectivity index (χ2n) is 6.49. The van der Waals surface area contributed by atoms with Gasteiger partial charge in [0.2, 0.25) is 5.88 Å². The molecule has 3 fully saturated rings. The zero-order chi connectivity index (χ0) is 18.2. The van der Waals surface area contributed by atoms with Crippen molar-refractivity contribution in [1.82, 2.24) is 15.6 Å². The Morgan fingerprint density at radius 1 is 1.36 bits per heavy atom. The molecule has 1 aromatic heterocycles. The predicted octanol–water partition coefficient (Wildman–Crippen LogP) is 3.21. The van der Waals surface area contributed by atoms with Gasteiger partial charge in [-0.2, -0.15) is 22.0 Å². The molecule has 0 aromatic carbocycles. The highest BCUT2D eigenvalue weighted by atomic mass is 19.4. The topological polar surface area (TPSA) is 63.2 Å². The van der Waals surface area contributed by atoms with Crippen molar-refractivity contribution >= 4 is 6.03 Å². The first-order valence-electron chi connectivity index (χ1n) is 7.69. The first-order chi connectivity index (χ1) is 11.7. The molecule has 0 saturated heterocycles. The first kappa shape index (κ1) is 17.7. The van der Waals surface area contributed by atoms with E-state index in [9.17, 15) is 26.7 Å². The van der Waals surface area contributed by atoms with E-state index >= 15 is 0 Å². The molecular formula is C15H16F5N3O2. The maximum atomic E-state index is 12.8. The van der Waals surface area contributed by atoms with E-state index < -0.39 is 36.2 Å². The molecule has 5 nitrogen and oxygen atoms in total. The number of halogens is 5. The van der Waals surface area contributed by atoms with Crippen molar-refractivity contribution < 1.29 is 31.5 Å². The minimum atomic E-state index is -4.24. The van der Waals surface area contributed by atoms with Crippen molar-refractivity contribution in [3.8, 4) is 5.88 Å². The van der Waals surface area contributed by atoms with Gasteiger partial charge in [-0.15, -0.1) is 0 Å². The van der Waals surface area contributed by atoms with Gasteiger partial charge in [0.25, 0.3) is 0 Å². The lowest BCUT2D eigenvalue weighted by Crippen LogP contribution is -2.54. The van der Waals surface area contributed by atoms with Crippen molar-refractivity contribution in [2.75, 3.05) is 0 Å². The zero-order valence-electron chi connectivity index (χ0n) is 12.9. The van der Waals surface area contributed by atoms with Gasteiger partial charge in [0.05, 0.1) is 5.92 Å². The molecule has 1 aromatic rings. The van der Waals surface area contributed by atoms with E-state index in [1.807, 2.05) is 0 Å². The highest BCUT2D eigenvalue weighted by Gasteiger charge is 2.64. The Bertz CT molecular complexity index is 646. The number of urea groups is 1. The highest BCUT2D eigenvalue weighted by Crippen LogP contribution is 2.60. The number of carbonyl (C=O) groups excluding carboxylic acids is 1. The van der Waals surface area contributed by atoms with Gasteiger partial charge in [-0.05, 0) is 36.8 Å². The number of hydrogen-bond acceptors (Lipinski definition) is 3. The van der Waals surface area contributed by atoms with Crippen LogP contribution in [-0.2, 0) is 6.54 Å². The minimum Gasteiger partial charge on any atom is -0.417 e. The number of fused-ring (bicyclic) bond motifs is 1. The lowest BCUT2D eigenvalue weighted by Gasteiger charge is -2.39. The summed E-state index contributed by atoms with van der Waals surface area (Å²) in [6, 6.07) is 2.17. The number of rotatable bonds is 5. The molecule has 3 aliphatic carbocycles. The molecule has 0 spiro atoms. The van der Waals surface area contributed by atoms with Gasteiger partial charge in [-0.1, -0.05) is 0 Å². The summed E-state index contributed by atoms with van der Waals surface area (Å²) in [5, 5.41) is 5.13. The maximum Gasteiger partial charge on any atom is 0.392 e. The van der Waals surface area contributed by atoms with Crippen LogP contribution in [0.4, 0.5) is 26.7 Å². The van der Waals surface area contributed by atoms with Crippen LogP contribution >= 0.6 is 0 Å². The molecule has 1 heterocycles. The Balaban J connectivity index is 1.50. The first-order valence-corrected chi connectivity index (χ1v) is 7.69. The predicted molar refractivity (Wildman–Crippen MR) is 75.9 cm³/mol. The van der Waals surface area contributed by atoms with Crippen molar-refractivity contribution in [2.24, 2.45) is 11.8 Å². The monoisotopic (exact) mass is 365 g/mol. The van der Waals surface area contributed by atoms with Gasteiger partial charge in [0, 0.05) is 24.3 Å². The number of pyridine rings is 1. The van der Waals surface area contributed by atoms with Crippen molar-refractivity contribution in [1.29, 1.82) is 0 Å². The Morgan fingerprint density at radius 3 is 2.68 bits per heavy atom. The molecule has 0 radical (unpaired) electrons. The maximum absolute atomic E-state index is 12.8. The second-order valence-corrected chi connectivity index (χ2v) is 6.49. The SMILES string of the molecule is O=C(NCc1ccnc(OC(F)F)c1)NC12CC(C1)C(C(F)(F)F)C2. The van der Waals surface area contributed by atoms with Crippen LogP contribution in [0.2, 0.25) is 0 Å². The average Bonchev–Trinajstić information content (AvgIpc) is 3.00. The molecule has 2 bridgehead atoms. The molecule has 1 atom stereocenters. The number of alkyl halides is 5. The zero-order valence-corrected chi connectivity index (χ0v) is 12.9. The van der Waals surface area contributed by atoms with Gasteiger partial charge in [0.15, 0.2) is 0 Å². The molecule has 10 heteroatoms. The van der Waals surface area contributed by atoms with Crippen LogP contribution in [0.3, 0.4) is 0 Å². The largest absolute Gasteiger partial charge is 0.417 e. The van der Waals surface area contributed by atoms with Crippen LogP contribution in [0.5, 0.6) is 5.88 Å². The molecular weight excluding hydrogens is 349 g/mol. The summed E-state index contributed by atoms with van der Waals surface area (Å²) in [6.07, 6.45) is -2.43. The van der Waals surface area contributed by atoms with Crippen molar-refractivity contribution in [2.45, 2.75) is 44.1 Å². The van der Waals surface area contributed by atoms with E-state index in [4.69, 9.17) is 0 Å². The fourth-order valence-corrected chi connectivity index (χ4v) is 3.70. The number of nitrogens with zero attached hydrogens (tertiary/aromatic N) is 1. The number of aromatic nitrogens is 1. The molecule has 25 heavy (non-hydrogen) atoms. The Morgan fingerprint density at radius 2 is 2.08 bits per heavy atom. The summed E-state index contributed by atoms with van der Waals surface area (Å²) in [6.45, 7) is -3.00. The van der Waals surface area contributed by atoms with Crippen LogP contribution in [0.1, 0.15) is 24.8 Å². The normalized spacial score (nSPS) is 27.8. The molecule has 2 N–H and O–H groups in total. The van der Waals surface area contributed by atoms with Crippen LogP contribution in [-0.4, -0.2) is 29.3 Å². The number of nitrogens with one attached hydrogen (secondary N) is 2. The van der Waals surface area contributed by atoms with Gasteiger partial charge in [-0.3, -0.25) is 0 Å². The quantitative estimate of drug-likeness (QED) is 0.788. The second kappa shape index (κ2) is 6.30. The van der Waals surface area contributed by atoms with Crippen LogP contribution in [0.25, 0.3) is 0 Å². The molecule has 138 valence electrons. The standard InChI is InChI=1S/C15H16F5N3O2/c16-12(17)25-11-3-8(1-2-21-11)7-22-13(24)23-14-4-9(5-14)10(6-14)15(18,19)20/h1-3,9-10,12H,4-7H2,(H2,22,23,24). The summed E-state index contributed by atoms with van der Waals surface area (Å²) in [5.41, 5.74) is -0.318. The third-order valence-electron chi connectivity index (χ3n) is 4.75. The fourth-order valence-electron chi connectivity index (χ4n) is 3.70. The van der Waals surface area contributed by atoms with Gasteiger partial charge < -0.3 is 15.4 Å². The van der Waals surface area contributed by atoms with Crippen molar-refractivity contribution in [3.05, 3.63) is 23.9 Å². The van der Waals surface area contributed by atoms with Crippen LogP contribution in [0, 0.1) is 11.8 Å². The summed E-state index contributed by atoms with van der Waals surface area (Å²) in [7, 11) is 0. The smallest absolute Gasteiger partial charge is 0.392 e. The van der Waals surface area contributed by atoms with Crippen LogP contribution < -0.4 is 15.4 Å². The average molecular weight is 365 g/mol. The molecule has 3 saturated carbocycles. The van der Waals surface area contributed by atoms with E-state index in [0.29, 0.717) is 18.4 Å². The van der Waals surface area contributed by atoms with E-state index in [2.05, 4.69) is 20.4 Å². The van der Waals surface area contributed by atoms with Gasteiger partial charge in [0.1, 0.15) is 0 Å². The van der Waals surface area contributed by atoms with Gasteiger partial charge >= 0.3 is 18.8 Å². The molecule has 2 amide bonds. The molecule has 4 rings (SSSR count). The van der Waals surface area contributed by atoms with Gasteiger partial charge in [-0.25, -0.2) is 9.78 Å². The van der Waals surface area contributed by atoms with E-state index in [-0.39, 0.29) is 18.8 Å². The lowest BCUT2D eigenvalue weighted by molar-refractivity contribution is -0.180. The number of carbonyl (C=O) groups is 1. The number of ether oxygens (including phenoxy) is 1. The number of amides is 2. The summed E-state index contributed by atoms with van der Waals surface area (Å²) in [5.74, 6) is -2.06. The van der Waals surface area contributed by atoms with E-state index in [0.717, 1.165) is 0 Å². The Labute approximate surface area is 139 Å². The van der Waals surface area contributed by atoms with Crippen LogP contribution in [0.15, 0.2) is 18.3 Å². The van der Waals surface area contributed by atoms with E-state index in [1.165, 1.54) is 18.3 Å². The highest BCUT2D eigenvalue weighted by molar-refractivity contribution is 5.75. The molecule has 3 aliphatic rings. The molecule has 0 aliphatic heterocycles. The number of hydrogen-bond donors (Lipinski definition) is 2. The fraction of sp³-hybridized carbons (Fsp3) is 0.600. The third kappa shape index (κ3) is 3.93. The summed E-state index contributed by atoms with van der Waals surface area (Å²) in [4.78, 5) is 15.6. The Kier molecular flexibility index (Phi) is 4.46. The minimum absolute atomic E-state index is 0.0101. The third-order valence-corrected chi connectivity index (χ3v) is 4.75. The van der Waals surface area contributed by atoms with E-state index in [1.54, 1.807) is 0 Å². The Hall–Kier alpha value is -2.13. The molecule has 1 unspecified atom stereocenters.